The highest BCUT2D eigenvalue weighted by atomic mass is 19.4. The number of hydrogen-bond acceptors (Lipinski definition) is 8. The molecule has 1 atom stereocenters. The molecule has 0 fully saturated rings. The highest BCUT2D eigenvalue weighted by Crippen LogP contribution is 2.36. The lowest BCUT2D eigenvalue weighted by Crippen LogP contribution is -2.19. The Morgan fingerprint density at radius 1 is 1.24 bits per heavy atom. The molecule has 0 amide bonds. The molecule has 4 rings (SSSR count). The number of aromatic nitrogens is 3. The van der Waals surface area contributed by atoms with E-state index in [-0.39, 0.29) is 36.1 Å². The fourth-order valence-electron chi connectivity index (χ4n) is 3.80. The summed E-state index contributed by atoms with van der Waals surface area (Å²) in [7, 11) is 3.71. The van der Waals surface area contributed by atoms with E-state index in [0.29, 0.717) is 40.5 Å². The summed E-state index contributed by atoms with van der Waals surface area (Å²) in [5.74, 6) is 0.198. The lowest BCUT2D eigenvalue weighted by molar-refractivity contribution is -0.137. The number of nitrogen functional groups attached to an aromatic ring is 1. The second-order valence-electron chi connectivity index (χ2n) is 8.54. The molecule has 1 aliphatic heterocycles. The van der Waals surface area contributed by atoms with Crippen LogP contribution in [-0.4, -0.2) is 45.6 Å². The summed E-state index contributed by atoms with van der Waals surface area (Å²) in [6.07, 6.45) is -2.83. The van der Waals surface area contributed by atoms with Crippen LogP contribution in [0.15, 0.2) is 40.1 Å². The van der Waals surface area contributed by atoms with Crippen molar-refractivity contribution in [1.82, 2.24) is 20.0 Å². The van der Waals surface area contributed by atoms with Gasteiger partial charge in [0.2, 0.25) is 0 Å². The average Bonchev–Trinajstić information content (AvgIpc) is 3.40. The number of nitrogens with zero attached hydrogens (tertiary/aromatic N) is 5. The fourth-order valence-corrected chi connectivity index (χ4v) is 3.80. The van der Waals surface area contributed by atoms with Gasteiger partial charge in [0.1, 0.15) is 29.3 Å². The Morgan fingerprint density at radius 2 is 2.00 bits per heavy atom. The van der Waals surface area contributed by atoms with E-state index >= 15 is 0 Å². The second-order valence-corrected chi connectivity index (χ2v) is 8.54. The van der Waals surface area contributed by atoms with Crippen LogP contribution in [0.3, 0.4) is 0 Å². The minimum absolute atomic E-state index is 0.104. The van der Waals surface area contributed by atoms with Crippen LogP contribution in [-0.2, 0) is 19.1 Å². The Hall–Kier alpha value is -3.60. The van der Waals surface area contributed by atoms with Gasteiger partial charge in [-0.3, -0.25) is 9.79 Å². The lowest BCUT2D eigenvalue weighted by Gasteiger charge is -2.15. The molecule has 2 aromatic heterocycles. The van der Waals surface area contributed by atoms with Gasteiger partial charge in [0.05, 0.1) is 17.0 Å². The van der Waals surface area contributed by atoms with E-state index in [1.165, 1.54) is 12.4 Å². The lowest BCUT2D eigenvalue weighted by atomic mass is 9.97. The zero-order chi connectivity index (χ0) is 24.6. The molecule has 11 heteroatoms. The summed E-state index contributed by atoms with van der Waals surface area (Å²) in [5, 5.41) is 4.03. The SMILES string of the molecule is C[C@H](CC(=O)c1ncnc(N)c1CN(C)C)c1cc(C2=Nc3ccc(C(F)(F)F)cc3C2)no1. The molecule has 0 unspecified atom stereocenters. The Balaban J connectivity index is 1.48. The molecule has 0 aliphatic carbocycles. The minimum Gasteiger partial charge on any atom is -0.383 e. The van der Waals surface area contributed by atoms with Gasteiger partial charge in [0, 0.05) is 36.9 Å². The molecule has 34 heavy (non-hydrogen) atoms. The normalized spacial score (nSPS) is 14.3. The number of benzene rings is 1. The first-order valence-electron chi connectivity index (χ1n) is 10.5. The van der Waals surface area contributed by atoms with E-state index < -0.39 is 11.7 Å². The number of halogens is 3. The number of anilines is 1. The van der Waals surface area contributed by atoms with Gasteiger partial charge in [-0.1, -0.05) is 12.1 Å². The monoisotopic (exact) mass is 472 g/mol. The van der Waals surface area contributed by atoms with Gasteiger partial charge in [-0.15, -0.1) is 0 Å². The van der Waals surface area contributed by atoms with Crippen LogP contribution in [0.4, 0.5) is 24.7 Å². The molecule has 0 spiro atoms. The Labute approximate surface area is 193 Å². The van der Waals surface area contributed by atoms with Crippen LogP contribution in [0, 0.1) is 0 Å². The summed E-state index contributed by atoms with van der Waals surface area (Å²) in [4.78, 5) is 27.4. The zero-order valence-corrected chi connectivity index (χ0v) is 18.8. The molecule has 1 aromatic carbocycles. The van der Waals surface area contributed by atoms with Crippen molar-refractivity contribution in [2.24, 2.45) is 4.99 Å². The molecule has 8 nitrogen and oxygen atoms in total. The van der Waals surface area contributed by atoms with Crippen molar-refractivity contribution in [2.75, 3.05) is 19.8 Å². The number of hydrogen-bond donors (Lipinski definition) is 1. The second kappa shape index (κ2) is 8.98. The molecule has 3 heterocycles. The molecule has 3 aromatic rings. The maximum Gasteiger partial charge on any atom is 0.416 e. The first kappa shape index (κ1) is 23.6. The quantitative estimate of drug-likeness (QED) is 0.514. The number of aliphatic imine (C=N–C) groups is 1. The van der Waals surface area contributed by atoms with Crippen molar-refractivity contribution >= 4 is 23.0 Å². The number of Topliss-reactive ketones (excluding diaryl/α,β-unsaturated/α-hetero) is 1. The third kappa shape index (κ3) is 4.84. The summed E-state index contributed by atoms with van der Waals surface area (Å²) < 4.78 is 44.4. The maximum absolute atomic E-state index is 13.0. The number of alkyl halides is 3. The number of carbonyl (C=O) groups excluding carboxylic acids is 1. The predicted molar refractivity (Wildman–Crippen MR) is 119 cm³/mol. The fraction of sp³-hybridized carbons (Fsp3) is 0.348. The van der Waals surface area contributed by atoms with Crippen molar-refractivity contribution in [2.45, 2.75) is 38.4 Å². The summed E-state index contributed by atoms with van der Waals surface area (Å²) in [6.45, 7) is 2.24. The van der Waals surface area contributed by atoms with Gasteiger partial charge >= 0.3 is 6.18 Å². The van der Waals surface area contributed by atoms with Crippen LogP contribution in [0.2, 0.25) is 0 Å². The molecule has 0 saturated carbocycles. The number of ketones is 1. The third-order valence-corrected chi connectivity index (χ3v) is 5.54. The van der Waals surface area contributed by atoms with Crippen LogP contribution < -0.4 is 5.73 Å². The van der Waals surface area contributed by atoms with Crippen LogP contribution >= 0.6 is 0 Å². The van der Waals surface area contributed by atoms with E-state index in [0.717, 1.165) is 12.1 Å². The first-order chi connectivity index (χ1) is 16.0. The molecule has 178 valence electrons. The van der Waals surface area contributed by atoms with Gasteiger partial charge in [-0.25, -0.2) is 9.97 Å². The minimum atomic E-state index is -4.42. The van der Waals surface area contributed by atoms with E-state index in [4.69, 9.17) is 10.3 Å². The van der Waals surface area contributed by atoms with Crippen molar-refractivity contribution in [3.63, 3.8) is 0 Å². The largest absolute Gasteiger partial charge is 0.416 e. The van der Waals surface area contributed by atoms with E-state index in [1.807, 2.05) is 25.9 Å². The molecular formula is C23H23F3N6O2. The van der Waals surface area contributed by atoms with Crippen molar-refractivity contribution in [3.8, 4) is 0 Å². The van der Waals surface area contributed by atoms with Crippen molar-refractivity contribution in [1.29, 1.82) is 0 Å². The number of carbonyl (C=O) groups is 1. The molecule has 1 aliphatic rings. The Kier molecular flexibility index (Phi) is 6.22. The standard InChI is InChI=1S/C23H23F3N6O2/c1-12(6-19(33)21-15(10-32(2)3)22(27)29-11-28-21)20-9-18(31-34-20)17-8-13-7-14(23(24,25)26)4-5-16(13)30-17/h4-5,7,9,11-12H,6,8,10H2,1-3H3,(H2,27,28,29)/t12-/m1/s1. The first-order valence-corrected chi connectivity index (χ1v) is 10.5. The topological polar surface area (TPSA) is 110 Å². The van der Waals surface area contributed by atoms with Gasteiger partial charge in [0.25, 0.3) is 0 Å². The Bertz CT molecular complexity index is 1270. The highest BCUT2D eigenvalue weighted by Gasteiger charge is 2.32. The van der Waals surface area contributed by atoms with Crippen LogP contribution in [0.25, 0.3) is 0 Å². The molecule has 0 bridgehead atoms. The zero-order valence-electron chi connectivity index (χ0n) is 18.8. The van der Waals surface area contributed by atoms with Gasteiger partial charge in [-0.2, -0.15) is 13.2 Å². The van der Waals surface area contributed by atoms with Crippen LogP contribution in [0.5, 0.6) is 0 Å². The Morgan fingerprint density at radius 3 is 2.71 bits per heavy atom. The van der Waals surface area contributed by atoms with Crippen molar-refractivity contribution in [3.05, 3.63) is 64.4 Å². The average molecular weight is 472 g/mol. The van der Waals surface area contributed by atoms with Crippen molar-refractivity contribution < 1.29 is 22.5 Å². The van der Waals surface area contributed by atoms with Crippen LogP contribution in [0.1, 0.15) is 57.9 Å². The number of rotatable bonds is 7. The van der Waals surface area contributed by atoms with Gasteiger partial charge in [-0.05, 0) is 37.9 Å². The third-order valence-electron chi connectivity index (χ3n) is 5.54. The molecule has 2 N–H and O–H groups in total. The van der Waals surface area contributed by atoms with E-state index in [1.54, 1.807) is 6.07 Å². The molecule has 0 saturated heterocycles. The molecular weight excluding hydrogens is 449 g/mol. The summed E-state index contributed by atoms with van der Waals surface area (Å²) in [5.41, 5.74) is 7.98. The van der Waals surface area contributed by atoms with E-state index in [2.05, 4.69) is 20.1 Å². The number of fused-ring (bicyclic) bond motifs is 1. The summed E-state index contributed by atoms with van der Waals surface area (Å²) >= 11 is 0. The number of nitrogens with two attached hydrogens (primary N) is 1. The van der Waals surface area contributed by atoms with Gasteiger partial charge in [0.15, 0.2) is 5.78 Å². The molecule has 0 radical (unpaired) electrons. The van der Waals surface area contributed by atoms with Gasteiger partial charge < -0.3 is 15.2 Å². The summed E-state index contributed by atoms with van der Waals surface area (Å²) in [6, 6.07) is 5.14. The maximum atomic E-state index is 13.0. The smallest absolute Gasteiger partial charge is 0.383 e. The highest BCUT2D eigenvalue weighted by molar-refractivity contribution is 6.05. The van der Waals surface area contributed by atoms with E-state index in [9.17, 15) is 18.0 Å². The predicted octanol–water partition coefficient (Wildman–Crippen LogP) is 4.18.